The van der Waals surface area contributed by atoms with Gasteiger partial charge in [-0.1, -0.05) is 0 Å². The summed E-state index contributed by atoms with van der Waals surface area (Å²) in [6.07, 6.45) is 1.42. The van der Waals surface area contributed by atoms with Crippen LogP contribution in [0.15, 0.2) is 5.38 Å². The van der Waals surface area contributed by atoms with Crippen LogP contribution in [-0.4, -0.2) is 84.9 Å². The molecule has 29 heavy (non-hydrogen) atoms. The smallest absolute Gasteiger partial charge is 0.410 e. The lowest BCUT2D eigenvalue weighted by atomic mass is 9.98. The number of carbonyl (C=O) groups is 2. The number of ether oxygens (including phenoxy) is 2. The fourth-order valence-electron chi connectivity index (χ4n) is 3.46. The minimum Gasteiger partial charge on any atom is -0.444 e. The third kappa shape index (κ3) is 6.65. The quantitative estimate of drug-likeness (QED) is 0.781. The normalized spacial score (nSPS) is 19.2. The highest BCUT2D eigenvalue weighted by Gasteiger charge is 2.29. The van der Waals surface area contributed by atoms with E-state index in [-0.39, 0.29) is 17.9 Å². The maximum Gasteiger partial charge on any atom is 0.410 e. The second kappa shape index (κ2) is 9.86. The maximum atomic E-state index is 12.4. The van der Waals surface area contributed by atoms with E-state index in [1.54, 1.807) is 4.90 Å². The van der Waals surface area contributed by atoms with Gasteiger partial charge in [-0.05, 0) is 33.6 Å². The van der Waals surface area contributed by atoms with Crippen LogP contribution in [0, 0.1) is 0 Å². The number of amides is 2. The topological polar surface area (TPSA) is 84.0 Å². The summed E-state index contributed by atoms with van der Waals surface area (Å²) < 4.78 is 10.8. The van der Waals surface area contributed by atoms with Crippen molar-refractivity contribution in [1.82, 2.24) is 20.1 Å². The lowest BCUT2D eigenvalue weighted by Gasteiger charge is -2.32. The molecule has 2 aliphatic heterocycles. The molecule has 9 heteroatoms. The van der Waals surface area contributed by atoms with E-state index in [1.807, 2.05) is 26.2 Å². The van der Waals surface area contributed by atoms with Gasteiger partial charge in [-0.3, -0.25) is 9.69 Å². The number of likely N-dealkylation sites (tertiary alicyclic amines) is 1. The first-order valence-corrected chi connectivity index (χ1v) is 11.2. The molecule has 0 saturated carbocycles. The van der Waals surface area contributed by atoms with Crippen molar-refractivity contribution in [1.29, 1.82) is 0 Å². The Kier molecular flexibility index (Phi) is 7.48. The summed E-state index contributed by atoms with van der Waals surface area (Å²) in [5.74, 6) is 0.167. The van der Waals surface area contributed by atoms with E-state index in [4.69, 9.17) is 9.47 Å². The van der Waals surface area contributed by atoms with Crippen LogP contribution < -0.4 is 5.32 Å². The Morgan fingerprint density at radius 2 is 1.93 bits per heavy atom. The summed E-state index contributed by atoms with van der Waals surface area (Å²) in [5.41, 5.74) is 0.00866. The SMILES string of the molecule is CC(C)(C)OC(=O)N1CCC(c2nc(C(=O)NCCN3CCOCC3)cs2)CC1. The highest BCUT2D eigenvalue weighted by molar-refractivity contribution is 7.09. The highest BCUT2D eigenvalue weighted by atomic mass is 32.1. The minimum absolute atomic E-state index is 0.119. The molecule has 162 valence electrons. The molecule has 2 aliphatic rings. The Hall–Kier alpha value is -1.71. The average Bonchev–Trinajstić information content (AvgIpc) is 3.18. The van der Waals surface area contributed by atoms with Crippen molar-refractivity contribution in [3.8, 4) is 0 Å². The van der Waals surface area contributed by atoms with Crippen molar-refractivity contribution in [3.63, 3.8) is 0 Å². The first-order valence-electron chi connectivity index (χ1n) is 10.3. The largest absolute Gasteiger partial charge is 0.444 e. The summed E-state index contributed by atoms with van der Waals surface area (Å²) in [5, 5.41) is 5.77. The van der Waals surface area contributed by atoms with E-state index >= 15 is 0 Å². The van der Waals surface area contributed by atoms with Gasteiger partial charge in [0.25, 0.3) is 5.91 Å². The summed E-state index contributed by atoms with van der Waals surface area (Å²) in [6.45, 7) is 11.7. The van der Waals surface area contributed by atoms with Gasteiger partial charge in [0.1, 0.15) is 11.3 Å². The third-order valence-corrected chi connectivity index (χ3v) is 6.07. The van der Waals surface area contributed by atoms with Crippen LogP contribution >= 0.6 is 11.3 Å². The number of carbonyl (C=O) groups excluding carboxylic acids is 2. The van der Waals surface area contributed by atoms with Gasteiger partial charge in [0, 0.05) is 50.6 Å². The molecule has 8 nitrogen and oxygen atoms in total. The predicted octanol–water partition coefficient (Wildman–Crippen LogP) is 2.32. The highest BCUT2D eigenvalue weighted by Crippen LogP contribution is 2.30. The molecule has 0 unspecified atom stereocenters. The lowest BCUT2D eigenvalue weighted by Crippen LogP contribution is -2.41. The van der Waals surface area contributed by atoms with Gasteiger partial charge < -0.3 is 19.7 Å². The first-order chi connectivity index (χ1) is 13.8. The molecule has 1 aromatic heterocycles. The van der Waals surface area contributed by atoms with E-state index in [0.717, 1.165) is 50.7 Å². The maximum absolute atomic E-state index is 12.4. The Bertz CT molecular complexity index is 689. The molecule has 2 fully saturated rings. The van der Waals surface area contributed by atoms with Gasteiger partial charge >= 0.3 is 6.09 Å². The number of piperidine rings is 1. The number of rotatable bonds is 5. The van der Waals surface area contributed by atoms with E-state index in [2.05, 4.69) is 15.2 Å². The zero-order chi connectivity index (χ0) is 20.9. The van der Waals surface area contributed by atoms with Gasteiger partial charge in [0.05, 0.1) is 18.2 Å². The molecule has 1 N–H and O–H groups in total. The lowest BCUT2D eigenvalue weighted by molar-refractivity contribution is 0.0204. The molecule has 0 bridgehead atoms. The first kappa shape index (κ1) is 22.0. The van der Waals surface area contributed by atoms with Gasteiger partial charge in [-0.25, -0.2) is 9.78 Å². The van der Waals surface area contributed by atoms with Crippen LogP contribution in [0.1, 0.15) is 55.0 Å². The Labute approximate surface area is 176 Å². The standard InChI is InChI=1S/C20H32N4O4S/c1-20(2,3)28-19(26)24-7-4-15(5-8-24)18-22-16(14-29-18)17(25)21-6-9-23-10-12-27-13-11-23/h14-15H,4-13H2,1-3H3,(H,21,25). The molecule has 0 aromatic carbocycles. The average molecular weight is 425 g/mol. The van der Waals surface area contributed by atoms with E-state index in [1.165, 1.54) is 11.3 Å². The van der Waals surface area contributed by atoms with E-state index in [0.29, 0.717) is 25.3 Å². The fraction of sp³-hybridized carbons (Fsp3) is 0.750. The van der Waals surface area contributed by atoms with Crippen LogP contribution in [-0.2, 0) is 9.47 Å². The Morgan fingerprint density at radius 3 is 2.59 bits per heavy atom. The van der Waals surface area contributed by atoms with Crippen LogP contribution in [0.2, 0.25) is 0 Å². The van der Waals surface area contributed by atoms with Crippen LogP contribution in [0.25, 0.3) is 0 Å². The Balaban J connectivity index is 1.42. The van der Waals surface area contributed by atoms with Crippen molar-refractivity contribution in [3.05, 3.63) is 16.1 Å². The molecular formula is C20H32N4O4S. The van der Waals surface area contributed by atoms with Crippen LogP contribution in [0.3, 0.4) is 0 Å². The fourth-order valence-corrected chi connectivity index (χ4v) is 4.43. The van der Waals surface area contributed by atoms with Crippen molar-refractivity contribution in [2.75, 3.05) is 52.5 Å². The molecule has 2 saturated heterocycles. The van der Waals surface area contributed by atoms with Gasteiger partial charge in [-0.2, -0.15) is 0 Å². The number of thiazole rings is 1. The van der Waals surface area contributed by atoms with Gasteiger partial charge in [0.2, 0.25) is 0 Å². The Morgan fingerprint density at radius 1 is 1.24 bits per heavy atom. The number of aromatic nitrogens is 1. The zero-order valence-corrected chi connectivity index (χ0v) is 18.4. The van der Waals surface area contributed by atoms with Gasteiger partial charge in [-0.15, -0.1) is 11.3 Å². The number of morpholine rings is 1. The minimum atomic E-state index is -0.479. The second-order valence-corrected chi connectivity index (χ2v) is 9.41. The third-order valence-electron chi connectivity index (χ3n) is 5.07. The van der Waals surface area contributed by atoms with Crippen molar-refractivity contribution in [2.45, 2.75) is 45.1 Å². The van der Waals surface area contributed by atoms with Crippen LogP contribution in [0.5, 0.6) is 0 Å². The number of hydrogen-bond acceptors (Lipinski definition) is 7. The number of nitrogens with one attached hydrogen (secondary N) is 1. The number of nitrogens with zero attached hydrogens (tertiary/aromatic N) is 3. The molecule has 2 amide bonds. The van der Waals surface area contributed by atoms with Crippen molar-refractivity contribution in [2.24, 2.45) is 0 Å². The molecule has 0 spiro atoms. The molecule has 0 aliphatic carbocycles. The zero-order valence-electron chi connectivity index (χ0n) is 17.6. The summed E-state index contributed by atoms with van der Waals surface area (Å²) in [4.78, 5) is 33.2. The summed E-state index contributed by atoms with van der Waals surface area (Å²) in [6, 6.07) is 0. The van der Waals surface area contributed by atoms with E-state index < -0.39 is 5.60 Å². The number of hydrogen-bond donors (Lipinski definition) is 1. The molecular weight excluding hydrogens is 392 g/mol. The molecule has 0 atom stereocenters. The molecule has 0 radical (unpaired) electrons. The molecule has 3 rings (SSSR count). The summed E-state index contributed by atoms with van der Waals surface area (Å²) in [7, 11) is 0. The molecule has 3 heterocycles. The van der Waals surface area contributed by atoms with Gasteiger partial charge in [0.15, 0.2) is 0 Å². The van der Waals surface area contributed by atoms with Crippen molar-refractivity contribution >= 4 is 23.3 Å². The predicted molar refractivity (Wildman–Crippen MR) is 111 cm³/mol. The summed E-state index contributed by atoms with van der Waals surface area (Å²) >= 11 is 1.53. The molecule has 1 aromatic rings. The van der Waals surface area contributed by atoms with Crippen molar-refractivity contribution < 1.29 is 19.1 Å². The van der Waals surface area contributed by atoms with Crippen LogP contribution in [0.4, 0.5) is 4.79 Å². The van der Waals surface area contributed by atoms with E-state index in [9.17, 15) is 9.59 Å². The monoisotopic (exact) mass is 424 g/mol. The second-order valence-electron chi connectivity index (χ2n) is 8.52.